The average Bonchev–Trinajstić information content (AvgIpc) is 3.11. The van der Waals surface area contributed by atoms with Crippen molar-refractivity contribution in [2.45, 2.75) is 50.6 Å². The second-order valence-electron chi connectivity index (χ2n) is 6.42. The Bertz CT molecular complexity index is 697. The number of nitrogens with two attached hydrogens (primary N) is 1. The molecule has 26 heavy (non-hydrogen) atoms. The molecule has 1 saturated carbocycles. The van der Waals surface area contributed by atoms with E-state index < -0.39 is 0 Å². The topological polar surface area (TPSA) is 103 Å². The van der Waals surface area contributed by atoms with Gasteiger partial charge in [-0.05, 0) is 49.9 Å². The minimum absolute atomic E-state index is 0. The summed E-state index contributed by atoms with van der Waals surface area (Å²) >= 11 is 0. The van der Waals surface area contributed by atoms with Crippen LogP contribution in [0.4, 0.5) is 0 Å². The van der Waals surface area contributed by atoms with E-state index in [1.54, 1.807) is 7.11 Å². The van der Waals surface area contributed by atoms with Crippen molar-refractivity contribution in [3.05, 3.63) is 30.2 Å². The van der Waals surface area contributed by atoms with Crippen molar-refractivity contribution in [2.24, 2.45) is 5.73 Å². The lowest BCUT2D eigenvalue weighted by molar-refractivity contribution is -0.122. The van der Waals surface area contributed by atoms with E-state index in [1.165, 1.54) is 0 Å². The van der Waals surface area contributed by atoms with Crippen LogP contribution in [0.25, 0.3) is 11.4 Å². The van der Waals surface area contributed by atoms with Crippen molar-refractivity contribution in [2.75, 3.05) is 7.11 Å². The van der Waals surface area contributed by atoms with Crippen molar-refractivity contribution in [3.63, 3.8) is 0 Å². The van der Waals surface area contributed by atoms with E-state index in [2.05, 4.69) is 15.5 Å². The smallest absolute Gasteiger partial charge is 0.227 e. The summed E-state index contributed by atoms with van der Waals surface area (Å²) in [5.41, 5.74) is 6.73. The van der Waals surface area contributed by atoms with Gasteiger partial charge in [0, 0.05) is 30.5 Å². The van der Waals surface area contributed by atoms with E-state index in [4.69, 9.17) is 15.0 Å². The van der Waals surface area contributed by atoms with Crippen molar-refractivity contribution in [3.8, 4) is 17.1 Å². The number of nitrogens with zero attached hydrogens (tertiary/aromatic N) is 2. The predicted octanol–water partition coefficient (Wildman–Crippen LogP) is 2.49. The van der Waals surface area contributed by atoms with E-state index in [-0.39, 0.29) is 30.4 Å². The van der Waals surface area contributed by atoms with Crippen LogP contribution in [-0.4, -0.2) is 35.2 Å². The van der Waals surface area contributed by atoms with Crippen LogP contribution in [0.5, 0.6) is 5.75 Å². The van der Waals surface area contributed by atoms with Crippen LogP contribution < -0.4 is 15.8 Å². The van der Waals surface area contributed by atoms with Crippen LogP contribution in [-0.2, 0) is 11.2 Å². The fraction of sp³-hybridized carbons (Fsp3) is 0.500. The highest BCUT2D eigenvalue weighted by Crippen LogP contribution is 2.20. The number of carbonyl (C=O) groups excluding carboxylic acids is 1. The normalized spacial score (nSPS) is 19.5. The summed E-state index contributed by atoms with van der Waals surface area (Å²) in [4.78, 5) is 16.4. The third-order valence-corrected chi connectivity index (χ3v) is 4.52. The highest BCUT2D eigenvalue weighted by Gasteiger charge is 2.20. The molecule has 142 valence electrons. The van der Waals surface area contributed by atoms with Gasteiger partial charge in [0.2, 0.25) is 17.6 Å². The lowest BCUT2D eigenvalue weighted by Gasteiger charge is -2.26. The molecular weight excluding hydrogens is 356 g/mol. The molecule has 1 amide bonds. The first kappa shape index (κ1) is 20.2. The lowest BCUT2D eigenvalue weighted by atomic mass is 9.92. The molecule has 2 aromatic rings. The number of carbonyl (C=O) groups is 1. The molecule has 0 bridgehead atoms. The number of aromatic nitrogens is 2. The van der Waals surface area contributed by atoms with Crippen LogP contribution >= 0.6 is 12.4 Å². The molecule has 1 aliphatic rings. The first-order valence-electron chi connectivity index (χ1n) is 8.66. The first-order chi connectivity index (χ1) is 12.1. The van der Waals surface area contributed by atoms with Crippen molar-refractivity contribution in [1.82, 2.24) is 15.5 Å². The van der Waals surface area contributed by atoms with Gasteiger partial charge in [0.25, 0.3) is 0 Å². The van der Waals surface area contributed by atoms with Crippen LogP contribution in [0.3, 0.4) is 0 Å². The Morgan fingerprint density at radius 2 is 1.96 bits per heavy atom. The summed E-state index contributed by atoms with van der Waals surface area (Å²) in [6, 6.07) is 7.94. The summed E-state index contributed by atoms with van der Waals surface area (Å²) < 4.78 is 10.4. The highest BCUT2D eigenvalue weighted by atomic mass is 35.5. The van der Waals surface area contributed by atoms with Crippen LogP contribution in [0, 0.1) is 0 Å². The average molecular weight is 381 g/mol. The summed E-state index contributed by atoms with van der Waals surface area (Å²) in [5.74, 6) is 1.77. The minimum Gasteiger partial charge on any atom is -0.497 e. The molecule has 0 saturated heterocycles. The van der Waals surface area contributed by atoms with E-state index >= 15 is 0 Å². The van der Waals surface area contributed by atoms with Crippen LogP contribution in [0.2, 0.25) is 0 Å². The molecule has 0 spiro atoms. The molecule has 1 aromatic carbocycles. The van der Waals surface area contributed by atoms with Gasteiger partial charge in [-0.25, -0.2) is 0 Å². The number of halogens is 1. The van der Waals surface area contributed by atoms with Gasteiger partial charge in [0.1, 0.15) is 5.75 Å². The number of nitrogens with one attached hydrogen (secondary N) is 1. The molecule has 8 heteroatoms. The van der Waals surface area contributed by atoms with Crippen molar-refractivity contribution >= 4 is 18.3 Å². The third kappa shape index (κ3) is 5.44. The monoisotopic (exact) mass is 380 g/mol. The van der Waals surface area contributed by atoms with Gasteiger partial charge in [0.15, 0.2) is 0 Å². The second-order valence-corrected chi connectivity index (χ2v) is 6.42. The maximum Gasteiger partial charge on any atom is 0.227 e. The number of benzene rings is 1. The standard InChI is InChI=1S/C18H24N4O3.ClH/c1-24-15-8-2-12(3-9-15)18-21-17(25-22-18)11-10-16(23)20-14-6-4-13(19)5-7-14;/h2-3,8-9,13-14H,4-7,10-11,19H2,1H3,(H,20,23);1H. The fourth-order valence-electron chi connectivity index (χ4n) is 3.00. The summed E-state index contributed by atoms with van der Waals surface area (Å²) in [6.45, 7) is 0. The molecule has 1 aliphatic carbocycles. The fourth-order valence-corrected chi connectivity index (χ4v) is 3.00. The van der Waals surface area contributed by atoms with Crippen LogP contribution in [0.1, 0.15) is 38.0 Å². The molecule has 0 atom stereocenters. The Morgan fingerprint density at radius 3 is 2.62 bits per heavy atom. The maximum atomic E-state index is 12.1. The van der Waals surface area contributed by atoms with Gasteiger partial charge in [0.05, 0.1) is 7.11 Å². The molecule has 3 rings (SSSR count). The maximum absolute atomic E-state index is 12.1. The molecule has 0 radical (unpaired) electrons. The molecule has 1 aromatic heterocycles. The van der Waals surface area contributed by atoms with Gasteiger partial charge >= 0.3 is 0 Å². The van der Waals surface area contributed by atoms with Gasteiger partial charge in [-0.2, -0.15) is 4.98 Å². The quantitative estimate of drug-likeness (QED) is 0.797. The zero-order valence-corrected chi connectivity index (χ0v) is 15.6. The Morgan fingerprint density at radius 1 is 1.27 bits per heavy atom. The number of ether oxygens (including phenoxy) is 1. The lowest BCUT2D eigenvalue weighted by Crippen LogP contribution is -2.40. The molecule has 0 unspecified atom stereocenters. The van der Waals surface area contributed by atoms with E-state index in [9.17, 15) is 4.79 Å². The summed E-state index contributed by atoms with van der Waals surface area (Å²) in [7, 11) is 1.62. The number of rotatable bonds is 6. The van der Waals surface area contributed by atoms with Crippen molar-refractivity contribution < 1.29 is 14.1 Å². The van der Waals surface area contributed by atoms with Gasteiger partial charge in [-0.15, -0.1) is 12.4 Å². The molecule has 7 nitrogen and oxygen atoms in total. The second kappa shape index (κ2) is 9.54. The summed E-state index contributed by atoms with van der Waals surface area (Å²) in [6.07, 6.45) is 4.62. The van der Waals surface area contributed by atoms with Gasteiger partial charge in [-0.1, -0.05) is 5.16 Å². The number of hydrogen-bond donors (Lipinski definition) is 2. The molecule has 1 heterocycles. The molecule has 3 N–H and O–H groups in total. The number of methoxy groups -OCH3 is 1. The Balaban J connectivity index is 0.00000243. The Kier molecular flexibility index (Phi) is 7.41. The van der Waals surface area contributed by atoms with E-state index in [0.29, 0.717) is 24.6 Å². The predicted molar refractivity (Wildman–Crippen MR) is 100 cm³/mol. The number of amides is 1. The molecule has 1 fully saturated rings. The first-order valence-corrected chi connectivity index (χ1v) is 8.66. The SMILES string of the molecule is COc1ccc(-c2noc(CCC(=O)NC3CCC(N)CC3)n2)cc1.Cl. The van der Waals surface area contributed by atoms with E-state index in [1.807, 2.05) is 24.3 Å². The summed E-state index contributed by atoms with van der Waals surface area (Å²) in [5, 5.41) is 7.03. The zero-order chi connectivity index (χ0) is 17.6. The largest absolute Gasteiger partial charge is 0.497 e. The molecule has 0 aliphatic heterocycles. The zero-order valence-electron chi connectivity index (χ0n) is 14.8. The van der Waals surface area contributed by atoms with Gasteiger partial charge in [-0.3, -0.25) is 4.79 Å². The van der Waals surface area contributed by atoms with Gasteiger partial charge < -0.3 is 20.3 Å². The highest BCUT2D eigenvalue weighted by molar-refractivity contribution is 5.85. The third-order valence-electron chi connectivity index (χ3n) is 4.52. The minimum atomic E-state index is 0. The van der Waals surface area contributed by atoms with Crippen molar-refractivity contribution in [1.29, 1.82) is 0 Å². The molecular formula is C18H25ClN4O3. The Hall–Kier alpha value is -2.12. The number of hydrogen-bond acceptors (Lipinski definition) is 6. The Labute approximate surface area is 159 Å². The number of aryl methyl sites for hydroxylation is 1. The van der Waals surface area contributed by atoms with E-state index in [0.717, 1.165) is 37.0 Å². The van der Waals surface area contributed by atoms with Crippen LogP contribution in [0.15, 0.2) is 28.8 Å².